The minimum absolute atomic E-state index is 0.0333. The van der Waals surface area contributed by atoms with Gasteiger partial charge in [0.1, 0.15) is 6.54 Å². The molecule has 2 fully saturated rings. The molecule has 2 aliphatic rings. The van der Waals surface area contributed by atoms with E-state index in [0.717, 1.165) is 12.6 Å². The molecule has 0 spiro atoms. The molecular weight excluding hydrogens is 336 g/mol. The summed E-state index contributed by atoms with van der Waals surface area (Å²) in [6, 6.07) is 3.66. The highest BCUT2D eigenvalue weighted by Gasteiger charge is 2.30. The molecule has 0 radical (unpaired) electrons. The van der Waals surface area contributed by atoms with Crippen molar-refractivity contribution in [1.82, 2.24) is 15.5 Å². The highest BCUT2D eigenvalue weighted by atomic mass is 32.2. The lowest BCUT2D eigenvalue weighted by Gasteiger charge is -2.33. The van der Waals surface area contributed by atoms with Crippen LogP contribution < -0.4 is 10.6 Å². The summed E-state index contributed by atoms with van der Waals surface area (Å²) in [6.07, 6.45) is 0.717. The van der Waals surface area contributed by atoms with Gasteiger partial charge in [0.2, 0.25) is 11.8 Å². The molecule has 0 bridgehead atoms. The van der Waals surface area contributed by atoms with Crippen molar-refractivity contribution in [2.24, 2.45) is 0 Å². The average molecular weight is 355 g/mol. The van der Waals surface area contributed by atoms with E-state index in [2.05, 4.69) is 10.6 Å². The number of nitrogens with zero attached hydrogens (tertiary/aromatic N) is 1. The van der Waals surface area contributed by atoms with Gasteiger partial charge in [-0.2, -0.15) is 0 Å². The molecule has 2 unspecified atom stereocenters. The predicted molar refractivity (Wildman–Crippen MR) is 87.6 cm³/mol. The monoisotopic (exact) mass is 355 g/mol. The SMILES string of the molecule is O=C(CN1CSCC1=O)NC1CNCCC1c1ccc(F)c(F)c1. The zero-order valence-corrected chi connectivity index (χ0v) is 13.9. The second-order valence-electron chi connectivity index (χ2n) is 6.02. The number of thioether (sulfide) groups is 1. The standard InChI is InChI=1S/C16H19F2N3O2S/c17-12-2-1-10(5-13(12)18)11-3-4-19-6-14(11)20-15(22)7-21-9-24-8-16(21)23/h1-2,5,11,14,19H,3-4,6-9H2,(H,20,22). The minimum atomic E-state index is -0.879. The lowest BCUT2D eigenvalue weighted by atomic mass is 9.86. The van der Waals surface area contributed by atoms with Crippen molar-refractivity contribution in [3.05, 3.63) is 35.4 Å². The van der Waals surface area contributed by atoms with Gasteiger partial charge >= 0.3 is 0 Å². The van der Waals surface area contributed by atoms with Crippen LogP contribution in [0.1, 0.15) is 17.9 Å². The summed E-state index contributed by atoms with van der Waals surface area (Å²) >= 11 is 1.49. The highest BCUT2D eigenvalue weighted by molar-refractivity contribution is 8.00. The smallest absolute Gasteiger partial charge is 0.239 e. The van der Waals surface area contributed by atoms with Crippen molar-refractivity contribution in [2.45, 2.75) is 18.4 Å². The van der Waals surface area contributed by atoms with E-state index in [-0.39, 0.29) is 30.3 Å². The van der Waals surface area contributed by atoms with Crippen LogP contribution in [-0.2, 0) is 9.59 Å². The molecule has 130 valence electrons. The van der Waals surface area contributed by atoms with Gasteiger partial charge < -0.3 is 15.5 Å². The van der Waals surface area contributed by atoms with Gasteiger partial charge in [0, 0.05) is 18.5 Å². The fourth-order valence-electron chi connectivity index (χ4n) is 3.12. The second kappa shape index (κ2) is 7.48. The molecule has 2 heterocycles. The molecule has 0 aromatic heterocycles. The lowest BCUT2D eigenvalue weighted by Crippen LogP contribution is -2.52. The van der Waals surface area contributed by atoms with Crippen molar-refractivity contribution >= 4 is 23.6 Å². The molecule has 8 heteroatoms. The van der Waals surface area contributed by atoms with Crippen LogP contribution >= 0.6 is 11.8 Å². The molecular formula is C16H19F2N3O2S. The van der Waals surface area contributed by atoms with E-state index >= 15 is 0 Å². The first kappa shape index (κ1) is 17.2. The number of hydrogen-bond donors (Lipinski definition) is 2. The van der Waals surface area contributed by atoms with E-state index in [1.54, 1.807) is 6.07 Å². The van der Waals surface area contributed by atoms with E-state index in [0.29, 0.717) is 30.2 Å². The number of nitrogens with one attached hydrogen (secondary N) is 2. The molecule has 2 saturated heterocycles. The second-order valence-corrected chi connectivity index (χ2v) is 6.97. The Kier molecular flexibility index (Phi) is 5.35. The Balaban J connectivity index is 1.66. The third-order valence-corrected chi connectivity index (χ3v) is 5.31. The van der Waals surface area contributed by atoms with Crippen molar-refractivity contribution in [2.75, 3.05) is 31.3 Å². The van der Waals surface area contributed by atoms with Crippen molar-refractivity contribution in [3.8, 4) is 0 Å². The molecule has 2 atom stereocenters. The molecule has 5 nitrogen and oxygen atoms in total. The summed E-state index contributed by atoms with van der Waals surface area (Å²) in [6.45, 7) is 1.34. The lowest BCUT2D eigenvalue weighted by molar-refractivity contribution is -0.132. The number of benzene rings is 1. The van der Waals surface area contributed by atoms with Gasteiger partial charge in [-0.05, 0) is 30.7 Å². The zero-order chi connectivity index (χ0) is 17.1. The zero-order valence-electron chi connectivity index (χ0n) is 13.1. The molecule has 3 rings (SSSR count). The van der Waals surface area contributed by atoms with E-state index < -0.39 is 11.6 Å². The Morgan fingerprint density at radius 3 is 2.92 bits per heavy atom. The first-order valence-electron chi connectivity index (χ1n) is 7.85. The molecule has 0 aliphatic carbocycles. The van der Waals surface area contributed by atoms with Crippen LogP contribution in [0.25, 0.3) is 0 Å². The van der Waals surface area contributed by atoms with Crippen molar-refractivity contribution < 1.29 is 18.4 Å². The molecule has 2 amide bonds. The Bertz CT molecular complexity index is 644. The van der Waals surface area contributed by atoms with Gasteiger partial charge in [-0.25, -0.2) is 8.78 Å². The van der Waals surface area contributed by atoms with Gasteiger partial charge in [0.15, 0.2) is 11.6 Å². The minimum Gasteiger partial charge on any atom is -0.350 e. The topological polar surface area (TPSA) is 61.4 Å². The Hall–Kier alpha value is -1.67. The summed E-state index contributed by atoms with van der Waals surface area (Å²) in [5.74, 6) is -1.17. The summed E-state index contributed by atoms with van der Waals surface area (Å²) in [7, 11) is 0. The van der Waals surface area contributed by atoms with Gasteiger partial charge in [-0.1, -0.05) is 6.07 Å². The van der Waals surface area contributed by atoms with Gasteiger partial charge in [0.05, 0.1) is 11.6 Å². The molecule has 0 saturated carbocycles. The summed E-state index contributed by atoms with van der Waals surface area (Å²) in [5, 5.41) is 6.13. The van der Waals surface area contributed by atoms with Crippen LogP contribution in [0, 0.1) is 11.6 Å². The largest absolute Gasteiger partial charge is 0.350 e. The number of carbonyl (C=O) groups excluding carboxylic acids is 2. The first-order valence-corrected chi connectivity index (χ1v) is 9.00. The number of piperidine rings is 1. The maximum absolute atomic E-state index is 13.5. The van der Waals surface area contributed by atoms with Crippen LogP contribution in [0.3, 0.4) is 0 Å². The van der Waals surface area contributed by atoms with E-state index in [9.17, 15) is 18.4 Å². The van der Waals surface area contributed by atoms with Gasteiger partial charge in [0.25, 0.3) is 0 Å². The first-order chi connectivity index (χ1) is 11.5. The quantitative estimate of drug-likeness (QED) is 0.848. The van der Waals surface area contributed by atoms with Crippen LogP contribution in [-0.4, -0.2) is 54.0 Å². The molecule has 24 heavy (non-hydrogen) atoms. The van der Waals surface area contributed by atoms with Crippen LogP contribution in [0.2, 0.25) is 0 Å². The maximum atomic E-state index is 13.5. The van der Waals surface area contributed by atoms with Gasteiger partial charge in [-0.15, -0.1) is 11.8 Å². The molecule has 2 aliphatic heterocycles. The number of hydrogen-bond acceptors (Lipinski definition) is 4. The highest BCUT2D eigenvalue weighted by Crippen LogP contribution is 2.27. The van der Waals surface area contributed by atoms with E-state index in [1.165, 1.54) is 22.7 Å². The summed E-state index contributed by atoms with van der Waals surface area (Å²) in [5.41, 5.74) is 0.675. The number of halogens is 2. The molecule has 2 N–H and O–H groups in total. The maximum Gasteiger partial charge on any atom is 0.239 e. The van der Waals surface area contributed by atoms with Gasteiger partial charge in [-0.3, -0.25) is 9.59 Å². The number of amides is 2. The Morgan fingerprint density at radius 2 is 2.21 bits per heavy atom. The summed E-state index contributed by atoms with van der Waals surface area (Å²) in [4.78, 5) is 25.3. The van der Waals surface area contributed by atoms with Crippen molar-refractivity contribution in [1.29, 1.82) is 0 Å². The fraction of sp³-hybridized carbons (Fsp3) is 0.500. The van der Waals surface area contributed by atoms with Crippen LogP contribution in [0.5, 0.6) is 0 Å². The fourth-order valence-corrected chi connectivity index (χ4v) is 4.02. The normalized spacial score (nSPS) is 24.2. The predicted octanol–water partition coefficient (Wildman–Crippen LogP) is 1.06. The van der Waals surface area contributed by atoms with Crippen LogP contribution in [0.4, 0.5) is 8.78 Å². The van der Waals surface area contributed by atoms with Crippen LogP contribution in [0.15, 0.2) is 18.2 Å². The number of rotatable bonds is 4. The number of carbonyl (C=O) groups is 2. The van der Waals surface area contributed by atoms with Crippen molar-refractivity contribution in [3.63, 3.8) is 0 Å². The summed E-state index contributed by atoms with van der Waals surface area (Å²) < 4.78 is 26.7. The third-order valence-electron chi connectivity index (χ3n) is 4.36. The van der Waals surface area contributed by atoms with E-state index in [4.69, 9.17) is 0 Å². The molecule has 1 aromatic carbocycles. The Morgan fingerprint density at radius 1 is 1.38 bits per heavy atom. The molecule has 1 aromatic rings. The third kappa shape index (κ3) is 3.87. The Labute approximate surface area is 143 Å². The average Bonchev–Trinajstić information content (AvgIpc) is 2.95. The van der Waals surface area contributed by atoms with E-state index in [1.807, 2.05) is 0 Å².